The van der Waals surface area contributed by atoms with Gasteiger partial charge < -0.3 is 0 Å². The fourth-order valence-corrected chi connectivity index (χ4v) is 0.418. The first-order chi connectivity index (χ1) is 4.27. The summed E-state index contributed by atoms with van der Waals surface area (Å²) >= 11 is 0. The highest BCUT2D eigenvalue weighted by Crippen LogP contribution is 2.13. The summed E-state index contributed by atoms with van der Waals surface area (Å²) < 4.78 is 14.0. The van der Waals surface area contributed by atoms with Gasteiger partial charge in [-0.15, -0.1) is 4.89 Å². The Balaban J connectivity index is 3.36. The molecule has 0 aromatic heterocycles. The molecule has 0 fully saturated rings. The second kappa shape index (κ2) is 5.48. The van der Waals surface area contributed by atoms with Crippen molar-refractivity contribution in [2.75, 3.05) is 0 Å². The second-order valence-electron chi connectivity index (χ2n) is 1.20. The van der Waals surface area contributed by atoms with Crippen molar-refractivity contribution in [3.63, 3.8) is 0 Å². The maximum absolute atomic E-state index is 9.81. The molecule has 3 nitrogen and oxygen atoms in total. The third-order valence-corrected chi connectivity index (χ3v) is 0.835. The maximum Gasteiger partial charge on any atom is 0.746 e. The lowest BCUT2D eigenvalue weighted by Gasteiger charge is -1.70. The average Bonchev–Trinajstić information content (AvgIpc) is 1.80. The molecule has 0 saturated heterocycles. The van der Waals surface area contributed by atoms with Crippen molar-refractivity contribution in [3.8, 4) is 0 Å². The van der Waals surface area contributed by atoms with Crippen molar-refractivity contribution in [1.82, 2.24) is 0 Å². The molecule has 0 radical (unpaired) electrons. The van der Waals surface area contributed by atoms with Gasteiger partial charge in [0.15, 0.2) is 6.26 Å². The maximum atomic E-state index is 9.81. The Morgan fingerprint density at radius 1 is 1.56 bits per heavy atom. The lowest BCUT2D eigenvalue weighted by atomic mass is 10.5. The first-order valence-electron chi connectivity index (χ1n) is 2.38. The minimum atomic E-state index is -2.49. The highest BCUT2D eigenvalue weighted by Gasteiger charge is 2.06. The third kappa shape index (κ3) is 7.34. The molecular formula is C5H8O3P+. The normalized spacial score (nSPS) is 12.9. The number of rotatable bonds is 3. The van der Waals surface area contributed by atoms with E-state index in [4.69, 9.17) is 4.89 Å². The van der Waals surface area contributed by atoms with Crippen LogP contribution < -0.4 is 0 Å². The Morgan fingerprint density at radius 3 is 2.67 bits per heavy atom. The largest absolute Gasteiger partial charge is 0.746 e. The van der Waals surface area contributed by atoms with Crippen LogP contribution in [0.25, 0.3) is 0 Å². The Hall–Kier alpha value is -0.660. The van der Waals surface area contributed by atoms with E-state index >= 15 is 0 Å². The van der Waals surface area contributed by atoms with Crippen LogP contribution in [0.2, 0.25) is 0 Å². The van der Waals surface area contributed by atoms with Crippen molar-refractivity contribution >= 4 is 8.25 Å². The van der Waals surface area contributed by atoms with E-state index in [-0.39, 0.29) is 0 Å². The summed E-state index contributed by atoms with van der Waals surface area (Å²) in [6, 6.07) is 0. The molecule has 0 amide bonds. The van der Waals surface area contributed by atoms with Gasteiger partial charge in [-0.1, -0.05) is 12.2 Å². The number of allylic oxidation sites excluding steroid dienone is 3. The van der Waals surface area contributed by atoms with Gasteiger partial charge >= 0.3 is 8.25 Å². The van der Waals surface area contributed by atoms with Crippen LogP contribution in [0.3, 0.4) is 0 Å². The SMILES string of the molecule is CC=CC=CO[P+](=O)O. The van der Waals surface area contributed by atoms with E-state index in [0.717, 1.165) is 0 Å². The first-order valence-corrected chi connectivity index (χ1v) is 3.51. The van der Waals surface area contributed by atoms with E-state index in [2.05, 4.69) is 4.52 Å². The van der Waals surface area contributed by atoms with Crippen molar-refractivity contribution < 1.29 is 14.0 Å². The third-order valence-electron chi connectivity index (χ3n) is 0.533. The topological polar surface area (TPSA) is 46.5 Å². The lowest BCUT2D eigenvalue weighted by Crippen LogP contribution is -1.60. The lowest BCUT2D eigenvalue weighted by molar-refractivity contribution is 0.378. The van der Waals surface area contributed by atoms with Crippen molar-refractivity contribution in [2.45, 2.75) is 6.92 Å². The van der Waals surface area contributed by atoms with Gasteiger partial charge in [0.05, 0.1) is 0 Å². The number of hydrogen-bond acceptors (Lipinski definition) is 2. The van der Waals surface area contributed by atoms with E-state index in [1.165, 1.54) is 12.3 Å². The van der Waals surface area contributed by atoms with E-state index in [9.17, 15) is 4.57 Å². The van der Waals surface area contributed by atoms with Gasteiger partial charge in [-0.05, 0) is 13.0 Å². The Labute approximate surface area is 54.6 Å². The zero-order valence-electron chi connectivity index (χ0n) is 5.02. The van der Waals surface area contributed by atoms with Crippen molar-refractivity contribution in [1.29, 1.82) is 0 Å². The molecule has 1 N–H and O–H groups in total. The smallest absolute Gasteiger partial charge is 0.237 e. The fourth-order valence-electron chi connectivity index (χ4n) is 0.244. The number of hydrogen-bond donors (Lipinski definition) is 1. The minimum absolute atomic E-state index is 1.17. The second-order valence-corrected chi connectivity index (χ2v) is 1.88. The zero-order valence-corrected chi connectivity index (χ0v) is 5.91. The molecule has 0 saturated carbocycles. The summed E-state index contributed by atoms with van der Waals surface area (Å²) in [5.74, 6) is 0. The van der Waals surface area contributed by atoms with Gasteiger partial charge in [0, 0.05) is 4.57 Å². The molecule has 0 aliphatic rings. The molecule has 0 heterocycles. The fraction of sp³-hybridized carbons (Fsp3) is 0.200. The van der Waals surface area contributed by atoms with Crippen LogP contribution in [0, 0.1) is 0 Å². The summed E-state index contributed by atoms with van der Waals surface area (Å²) in [6.45, 7) is 1.84. The molecule has 9 heavy (non-hydrogen) atoms. The van der Waals surface area contributed by atoms with Crippen molar-refractivity contribution in [3.05, 3.63) is 24.5 Å². The highest BCUT2D eigenvalue weighted by atomic mass is 31.1. The molecule has 0 aromatic rings. The highest BCUT2D eigenvalue weighted by molar-refractivity contribution is 7.32. The van der Waals surface area contributed by atoms with Crippen LogP contribution in [0.1, 0.15) is 6.92 Å². The van der Waals surface area contributed by atoms with E-state index in [0.29, 0.717) is 0 Å². The van der Waals surface area contributed by atoms with E-state index in [1.54, 1.807) is 12.2 Å². The van der Waals surface area contributed by atoms with Crippen molar-refractivity contribution in [2.24, 2.45) is 0 Å². The minimum Gasteiger partial charge on any atom is -0.237 e. The molecule has 0 aromatic carbocycles. The van der Waals surface area contributed by atoms with Gasteiger partial charge in [-0.3, -0.25) is 0 Å². The van der Waals surface area contributed by atoms with E-state index in [1.807, 2.05) is 6.92 Å². The van der Waals surface area contributed by atoms with Gasteiger partial charge in [0.25, 0.3) is 0 Å². The molecule has 0 spiro atoms. The predicted octanol–water partition coefficient (Wildman–Crippen LogP) is 1.74. The van der Waals surface area contributed by atoms with Gasteiger partial charge in [0.2, 0.25) is 0 Å². The molecule has 0 aliphatic heterocycles. The van der Waals surface area contributed by atoms with Crippen LogP contribution in [-0.2, 0) is 9.09 Å². The molecule has 0 aliphatic carbocycles. The molecule has 0 bridgehead atoms. The Kier molecular flexibility index (Phi) is 5.07. The van der Waals surface area contributed by atoms with Gasteiger partial charge in [0.1, 0.15) is 0 Å². The molecule has 50 valence electrons. The molecule has 1 unspecified atom stereocenters. The van der Waals surface area contributed by atoms with Crippen LogP contribution in [0.4, 0.5) is 0 Å². The summed E-state index contributed by atoms with van der Waals surface area (Å²) in [5, 5.41) is 0. The van der Waals surface area contributed by atoms with Crippen LogP contribution in [-0.4, -0.2) is 4.89 Å². The molecule has 4 heteroatoms. The predicted molar refractivity (Wildman–Crippen MR) is 34.9 cm³/mol. The van der Waals surface area contributed by atoms with E-state index < -0.39 is 8.25 Å². The monoisotopic (exact) mass is 147 g/mol. The summed E-state index contributed by atoms with van der Waals surface area (Å²) in [7, 11) is -2.49. The van der Waals surface area contributed by atoms with Gasteiger partial charge in [-0.25, -0.2) is 4.52 Å². The Bertz CT molecular complexity index is 139. The average molecular weight is 147 g/mol. The molecular weight excluding hydrogens is 139 g/mol. The Morgan fingerprint density at radius 2 is 2.22 bits per heavy atom. The molecule has 0 rings (SSSR count). The van der Waals surface area contributed by atoms with Crippen LogP contribution in [0.15, 0.2) is 24.5 Å². The summed E-state index contributed by atoms with van der Waals surface area (Å²) in [4.78, 5) is 8.06. The van der Waals surface area contributed by atoms with Gasteiger partial charge in [-0.2, -0.15) is 0 Å². The summed E-state index contributed by atoms with van der Waals surface area (Å²) in [6.07, 6.45) is 6.17. The van der Waals surface area contributed by atoms with Crippen LogP contribution in [0.5, 0.6) is 0 Å². The van der Waals surface area contributed by atoms with Crippen LogP contribution >= 0.6 is 8.25 Å². The molecule has 1 atom stereocenters. The quantitative estimate of drug-likeness (QED) is 0.375. The first kappa shape index (κ1) is 8.34. The standard InChI is InChI=1S/C5H7O3P/c1-2-3-4-5-8-9(6)7/h2-5H,1H3/p+1. The zero-order chi connectivity index (χ0) is 7.11. The summed E-state index contributed by atoms with van der Waals surface area (Å²) in [5.41, 5.74) is 0.